The van der Waals surface area contributed by atoms with Crippen LogP contribution < -0.4 is 10.0 Å². The summed E-state index contributed by atoms with van der Waals surface area (Å²) < 4.78 is 52.4. The molecule has 0 radical (unpaired) electrons. The van der Waals surface area contributed by atoms with E-state index in [0.717, 1.165) is 36.4 Å². The summed E-state index contributed by atoms with van der Waals surface area (Å²) >= 11 is 0. The molecular weight excluding hydrogens is 448 g/mol. The molecule has 0 atom stereocenters. The average molecular weight is 476 g/mol. The van der Waals surface area contributed by atoms with Gasteiger partial charge in [0, 0.05) is 18.3 Å². The lowest BCUT2D eigenvalue weighted by Crippen LogP contribution is -2.21. The Kier molecular flexibility index (Phi) is 9.12. The van der Waals surface area contributed by atoms with Gasteiger partial charge in [-0.3, -0.25) is 14.5 Å². The summed E-state index contributed by atoms with van der Waals surface area (Å²) in [6.07, 6.45) is 11.7. The summed E-state index contributed by atoms with van der Waals surface area (Å²) in [6, 6.07) is 4.33. The molecule has 1 aromatic carbocycles. The summed E-state index contributed by atoms with van der Waals surface area (Å²) in [4.78, 5) is 16.7. The van der Waals surface area contributed by atoms with Gasteiger partial charge in [0.25, 0.3) is 0 Å². The van der Waals surface area contributed by atoms with Gasteiger partial charge in [0.15, 0.2) is 0 Å². The van der Waals surface area contributed by atoms with Crippen LogP contribution >= 0.6 is 0 Å². The van der Waals surface area contributed by atoms with Crippen molar-refractivity contribution in [2.45, 2.75) is 46.3 Å². The number of unbranched alkanes of at least 4 members (excludes halogenated alkanes) is 1. The summed E-state index contributed by atoms with van der Waals surface area (Å²) in [5, 5.41) is 2.64. The van der Waals surface area contributed by atoms with Gasteiger partial charge >= 0.3 is 0 Å². The number of hydrogen-bond acceptors (Lipinski definition) is 4. The highest BCUT2D eigenvalue weighted by Crippen LogP contribution is 2.23. The Morgan fingerprint density at radius 3 is 2.61 bits per heavy atom. The van der Waals surface area contributed by atoms with Crippen LogP contribution in [0.3, 0.4) is 0 Å². The molecule has 6 nitrogen and oxygen atoms in total. The van der Waals surface area contributed by atoms with E-state index in [9.17, 15) is 22.0 Å². The summed E-state index contributed by atoms with van der Waals surface area (Å²) in [5.74, 6) is 0.976. The highest BCUT2D eigenvalue weighted by atomic mass is 32.2. The first-order chi connectivity index (χ1) is 15.6. The molecule has 0 saturated heterocycles. The number of hydrogen-bond donors (Lipinski definition) is 2. The maximum Gasteiger partial charge on any atom is 0.244 e. The van der Waals surface area contributed by atoms with Crippen molar-refractivity contribution in [1.29, 1.82) is 0 Å². The second kappa shape index (κ2) is 11.6. The Hall–Kier alpha value is -3.25. The predicted octanol–water partition coefficient (Wildman–Crippen LogP) is 4.02. The van der Waals surface area contributed by atoms with E-state index in [1.54, 1.807) is 19.1 Å². The zero-order valence-electron chi connectivity index (χ0n) is 18.8. The first-order valence-electron chi connectivity index (χ1n) is 10.4. The van der Waals surface area contributed by atoms with Gasteiger partial charge in [-0.05, 0) is 60.7 Å². The van der Waals surface area contributed by atoms with Crippen LogP contribution in [0.5, 0.6) is 0 Å². The largest absolute Gasteiger partial charge is 0.348 e. The number of sulfonamides is 1. The third-order valence-corrected chi connectivity index (χ3v) is 5.37. The molecule has 0 fully saturated rings. The third-order valence-electron chi connectivity index (χ3n) is 4.80. The number of aromatic nitrogens is 1. The third kappa shape index (κ3) is 7.68. The normalized spacial score (nSPS) is 11.4. The number of benzene rings is 1. The predicted molar refractivity (Wildman–Crippen MR) is 126 cm³/mol. The van der Waals surface area contributed by atoms with Crippen molar-refractivity contribution in [3.05, 3.63) is 63.7 Å². The highest BCUT2D eigenvalue weighted by Gasteiger charge is 2.14. The summed E-state index contributed by atoms with van der Waals surface area (Å²) in [7, 11) is -3.71. The fraction of sp³-hybridized carbons (Fsp3) is 0.333. The van der Waals surface area contributed by atoms with Gasteiger partial charge < -0.3 is 5.32 Å². The smallest absolute Gasteiger partial charge is 0.244 e. The molecule has 0 spiro atoms. The molecule has 2 aromatic rings. The standard InChI is InChI=1S/C24H27F2N3O3S/c1-5-7-8-21-19(11-16(3)22(14-25)28-21)9-10-23(30)27-15-17-12-18(6-2)24(20(26)13-17)29-33(4,31)32/h2,9-13,29H,5,7-8,14-15H2,1,3-4H3,(H,27,30)/b10-9+. The Labute approximate surface area is 193 Å². The van der Waals surface area contributed by atoms with E-state index in [1.807, 2.05) is 6.92 Å². The molecule has 176 valence electrons. The maximum atomic E-state index is 14.4. The van der Waals surface area contributed by atoms with Crippen LogP contribution in [0.1, 0.15) is 53.4 Å². The van der Waals surface area contributed by atoms with Crippen molar-refractivity contribution in [2.24, 2.45) is 0 Å². The van der Waals surface area contributed by atoms with Gasteiger partial charge in [0.1, 0.15) is 12.5 Å². The van der Waals surface area contributed by atoms with E-state index in [4.69, 9.17) is 6.42 Å². The quantitative estimate of drug-likeness (QED) is 0.401. The first-order valence-corrected chi connectivity index (χ1v) is 12.2. The van der Waals surface area contributed by atoms with Gasteiger partial charge in [-0.1, -0.05) is 19.3 Å². The van der Waals surface area contributed by atoms with Crippen LogP contribution in [-0.2, 0) is 34.5 Å². The van der Waals surface area contributed by atoms with E-state index in [-0.39, 0.29) is 17.8 Å². The van der Waals surface area contributed by atoms with Gasteiger partial charge in [-0.15, -0.1) is 6.42 Å². The number of amides is 1. The minimum Gasteiger partial charge on any atom is -0.348 e. The minimum absolute atomic E-state index is 0.0192. The molecule has 9 heteroatoms. The Balaban J connectivity index is 2.15. The van der Waals surface area contributed by atoms with E-state index >= 15 is 0 Å². The fourth-order valence-corrected chi connectivity index (χ4v) is 3.70. The lowest BCUT2D eigenvalue weighted by atomic mass is 10.0. The molecular formula is C24H27F2N3O3S. The molecule has 0 aliphatic carbocycles. The second-order valence-electron chi connectivity index (χ2n) is 7.59. The Morgan fingerprint density at radius 2 is 2.00 bits per heavy atom. The lowest BCUT2D eigenvalue weighted by Gasteiger charge is -2.11. The van der Waals surface area contributed by atoms with Crippen LogP contribution in [0.4, 0.5) is 14.5 Å². The molecule has 1 aromatic heterocycles. The highest BCUT2D eigenvalue weighted by molar-refractivity contribution is 7.92. The maximum absolute atomic E-state index is 14.4. The van der Waals surface area contributed by atoms with E-state index in [1.165, 1.54) is 12.1 Å². The fourth-order valence-electron chi connectivity index (χ4n) is 3.12. The van der Waals surface area contributed by atoms with Crippen LogP contribution in [0.25, 0.3) is 6.08 Å². The van der Waals surface area contributed by atoms with Gasteiger partial charge in [0.2, 0.25) is 15.9 Å². The molecule has 2 rings (SSSR count). The number of rotatable bonds is 10. The summed E-state index contributed by atoms with van der Waals surface area (Å²) in [6.45, 7) is 3.15. The molecule has 0 aliphatic rings. The van der Waals surface area contributed by atoms with E-state index in [0.29, 0.717) is 23.2 Å². The number of nitrogens with zero attached hydrogens (tertiary/aromatic N) is 1. The van der Waals surface area contributed by atoms with E-state index in [2.05, 4.69) is 20.9 Å². The van der Waals surface area contributed by atoms with Gasteiger partial charge in [-0.25, -0.2) is 17.2 Å². The Bertz CT molecular complexity index is 1200. The average Bonchev–Trinajstić information content (AvgIpc) is 2.76. The Morgan fingerprint density at radius 1 is 1.27 bits per heavy atom. The van der Waals surface area contributed by atoms with Crippen LogP contribution in [-0.4, -0.2) is 25.6 Å². The molecule has 0 aliphatic heterocycles. The first kappa shape index (κ1) is 26.0. The second-order valence-corrected chi connectivity index (χ2v) is 9.34. The van der Waals surface area contributed by atoms with Crippen molar-refractivity contribution in [1.82, 2.24) is 10.3 Å². The number of alkyl halides is 1. The summed E-state index contributed by atoms with van der Waals surface area (Å²) in [5.41, 5.74) is 2.65. The van der Waals surface area contributed by atoms with Gasteiger partial charge in [-0.2, -0.15) is 0 Å². The molecule has 1 amide bonds. The number of aryl methyl sites for hydroxylation is 2. The zero-order valence-corrected chi connectivity index (χ0v) is 19.7. The van der Waals surface area contributed by atoms with Crippen molar-refractivity contribution in [3.63, 3.8) is 0 Å². The van der Waals surface area contributed by atoms with Crippen molar-refractivity contribution >= 4 is 27.7 Å². The molecule has 33 heavy (non-hydrogen) atoms. The molecule has 1 heterocycles. The van der Waals surface area contributed by atoms with Crippen molar-refractivity contribution < 1.29 is 22.0 Å². The van der Waals surface area contributed by atoms with Crippen LogP contribution in [0.2, 0.25) is 0 Å². The zero-order chi connectivity index (χ0) is 24.6. The number of terminal acetylenes is 1. The van der Waals surface area contributed by atoms with Gasteiger partial charge in [0.05, 0.1) is 23.2 Å². The molecule has 0 saturated carbocycles. The molecule has 2 N–H and O–H groups in total. The number of halogens is 2. The molecule has 0 unspecified atom stereocenters. The number of nitrogens with one attached hydrogen (secondary N) is 2. The minimum atomic E-state index is -3.71. The van der Waals surface area contributed by atoms with Crippen LogP contribution in [0.15, 0.2) is 24.3 Å². The SMILES string of the molecule is C#Cc1cc(CNC(=O)/C=C/c2cc(C)c(CF)nc2CCCC)cc(F)c1NS(C)(=O)=O. The number of anilines is 1. The van der Waals surface area contributed by atoms with Crippen molar-refractivity contribution in [3.8, 4) is 12.3 Å². The van der Waals surface area contributed by atoms with Crippen molar-refractivity contribution in [2.75, 3.05) is 11.0 Å². The number of carbonyl (C=O) groups is 1. The number of pyridine rings is 1. The lowest BCUT2D eigenvalue weighted by molar-refractivity contribution is -0.116. The monoisotopic (exact) mass is 475 g/mol. The van der Waals surface area contributed by atoms with Crippen LogP contribution in [0, 0.1) is 25.1 Å². The van der Waals surface area contributed by atoms with E-state index < -0.39 is 28.4 Å². The topological polar surface area (TPSA) is 88.2 Å². The molecule has 0 bridgehead atoms. The number of carbonyl (C=O) groups excluding carboxylic acids is 1.